The van der Waals surface area contributed by atoms with E-state index in [4.69, 9.17) is 14.2 Å². The molecule has 0 unspecified atom stereocenters. The molecule has 30 heavy (non-hydrogen) atoms. The summed E-state index contributed by atoms with van der Waals surface area (Å²) >= 11 is 1.63. The average Bonchev–Trinajstić information content (AvgIpc) is 3.01. The van der Waals surface area contributed by atoms with Crippen LogP contribution in [0.1, 0.15) is 29.3 Å². The number of ether oxygens (including phenoxy) is 3. The Labute approximate surface area is 179 Å². The number of thiophene rings is 1. The van der Waals surface area contributed by atoms with Gasteiger partial charge in [-0.15, -0.1) is 11.3 Å². The lowest BCUT2D eigenvalue weighted by atomic mass is 10.1. The van der Waals surface area contributed by atoms with Crippen molar-refractivity contribution < 1.29 is 19.0 Å². The molecule has 0 bridgehead atoms. The van der Waals surface area contributed by atoms with Gasteiger partial charge in [0, 0.05) is 27.9 Å². The Hall–Kier alpha value is -2.83. The van der Waals surface area contributed by atoms with Gasteiger partial charge in [0.15, 0.2) is 5.75 Å². The number of hydrogen-bond acceptors (Lipinski definition) is 6. The van der Waals surface area contributed by atoms with E-state index in [1.807, 2.05) is 43.4 Å². The summed E-state index contributed by atoms with van der Waals surface area (Å²) in [6.45, 7) is 3.78. The molecule has 0 saturated carbocycles. The molecular formula is C24H25NO4S. The summed E-state index contributed by atoms with van der Waals surface area (Å²) in [6.07, 6.45) is 10.6. The molecule has 0 atom stereocenters. The third kappa shape index (κ3) is 4.06. The molecule has 6 heteroatoms. The predicted octanol–water partition coefficient (Wildman–Crippen LogP) is 3.00. The molecule has 0 radical (unpaired) electrons. The molecule has 1 aromatic carbocycles. The second-order valence-electron chi connectivity index (χ2n) is 7.34. The molecule has 0 N–H and O–H groups in total. The number of esters is 1. The van der Waals surface area contributed by atoms with Crippen LogP contribution in [0.3, 0.4) is 0 Å². The third-order valence-electron chi connectivity index (χ3n) is 4.88. The first-order chi connectivity index (χ1) is 14.6. The van der Waals surface area contributed by atoms with E-state index in [1.54, 1.807) is 17.6 Å². The highest BCUT2D eigenvalue weighted by atomic mass is 32.1. The Kier molecular flexibility index (Phi) is 6.06. The highest BCUT2D eigenvalue weighted by molar-refractivity contribution is 7.08. The molecule has 0 amide bonds. The zero-order valence-electron chi connectivity index (χ0n) is 17.4. The lowest BCUT2D eigenvalue weighted by molar-refractivity contribution is 0.0526. The summed E-state index contributed by atoms with van der Waals surface area (Å²) in [5, 5.41) is 2.05. The molecule has 0 fully saturated rings. The molecule has 2 heterocycles. The largest absolute Gasteiger partial charge is 0.492 e. The molecule has 1 aliphatic heterocycles. The monoisotopic (exact) mass is 423 g/mol. The van der Waals surface area contributed by atoms with E-state index in [0.717, 1.165) is 49.5 Å². The van der Waals surface area contributed by atoms with Crippen LogP contribution in [0.4, 0.5) is 0 Å². The van der Waals surface area contributed by atoms with Gasteiger partial charge in [-0.1, -0.05) is 18.2 Å². The minimum atomic E-state index is -0.310. The number of carbonyl (C=O) groups excluding carboxylic acids is 1. The van der Waals surface area contributed by atoms with Crippen LogP contribution in [0.5, 0.6) is 5.75 Å². The summed E-state index contributed by atoms with van der Waals surface area (Å²) in [7, 11) is 4.11. The summed E-state index contributed by atoms with van der Waals surface area (Å²) < 4.78 is 19.2. The van der Waals surface area contributed by atoms with Crippen LogP contribution in [0.2, 0.25) is 0 Å². The van der Waals surface area contributed by atoms with Gasteiger partial charge in [0.2, 0.25) is 0 Å². The van der Waals surface area contributed by atoms with Gasteiger partial charge in [-0.2, -0.15) is 0 Å². The van der Waals surface area contributed by atoms with Crippen LogP contribution in [0.25, 0.3) is 17.9 Å². The van der Waals surface area contributed by atoms with Crippen LogP contribution < -0.4 is 14.5 Å². The Bertz CT molecular complexity index is 1240. The van der Waals surface area contributed by atoms with E-state index in [9.17, 15) is 4.79 Å². The topological polar surface area (TPSA) is 48.0 Å². The summed E-state index contributed by atoms with van der Waals surface area (Å²) in [6, 6.07) is 5.67. The lowest BCUT2D eigenvalue weighted by Crippen LogP contribution is -2.16. The minimum Gasteiger partial charge on any atom is -0.492 e. The maximum atomic E-state index is 12.3. The van der Waals surface area contributed by atoms with Gasteiger partial charge in [-0.3, -0.25) is 0 Å². The van der Waals surface area contributed by atoms with Crippen LogP contribution in [-0.2, 0) is 9.47 Å². The van der Waals surface area contributed by atoms with Crippen molar-refractivity contribution in [3.63, 3.8) is 0 Å². The average molecular weight is 424 g/mol. The van der Waals surface area contributed by atoms with Gasteiger partial charge in [-0.05, 0) is 50.9 Å². The van der Waals surface area contributed by atoms with Crippen LogP contribution in [-0.4, -0.2) is 44.7 Å². The molecule has 2 aliphatic rings. The highest BCUT2D eigenvalue weighted by Gasteiger charge is 2.17. The van der Waals surface area contributed by atoms with Crippen molar-refractivity contribution in [2.75, 3.05) is 33.9 Å². The first kappa shape index (κ1) is 20.4. The Balaban J connectivity index is 1.85. The van der Waals surface area contributed by atoms with Crippen LogP contribution in [0, 0.1) is 9.75 Å². The second kappa shape index (κ2) is 8.90. The Morgan fingerprint density at radius 3 is 2.87 bits per heavy atom. The molecule has 2 aromatic rings. The number of fused-ring (bicyclic) bond motifs is 4. The molecular weight excluding hydrogens is 398 g/mol. The van der Waals surface area contributed by atoms with E-state index in [-0.39, 0.29) is 5.97 Å². The highest BCUT2D eigenvalue weighted by Crippen LogP contribution is 2.27. The Morgan fingerprint density at radius 1 is 1.20 bits per heavy atom. The maximum absolute atomic E-state index is 12.3. The summed E-state index contributed by atoms with van der Waals surface area (Å²) in [5.74, 6) is 1.32. The normalized spacial score (nSPS) is 13.7. The van der Waals surface area contributed by atoms with Gasteiger partial charge in [0.1, 0.15) is 10.3 Å². The maximum Gasteiger partial charge on any atom is 0.338 e. The molecule has 0 spiro atoms. The predicted molar refractivity (Wildman–Crippen MR) is 119 cm³/mol. The van der Waals surface area contributed by atoms with E-state index < -0.39 is 0 Å². The fourth-order valence-corrected chi connectivity index (χ4v) is 4.70. The fraction of sp³-hybridized carbons (Fsp3) is 0.292. The number of nitrogens with zero attached hydrogens (tertiary/aromatic N) is 1. The quantitative estimate of drug-likeness (QED) is 0.506. The lowest BCUT2D eigenvalue weighted by Gasteiger charge is -2.13. The first-order valence-corrected chi connectivity index (χ1v) is 10.9. The Morgan fingerprint density at radius 2 is 2.07 bits per heavy atom. The van der Waals surface area contributed by atoms with Crippen molar-refractivity contribution >= 4 is 35.2 Å². The standard InChI is InChI=1S/C24H25NO4S/c1-4-27-24(26)17-10-9-16-7-5-8-18-21-23(30-22(18)19(16)15-17)20(11-14-29-21)28-13-6-12-25(2)3/h5,7-11,14-15H,4,6,12-13H2,1-3H3. The third-order valence-corrected chi connectivity index (χ3v) is 6.12. The smallest absolute Gasteiger partial charge is 0.338 e. The van der Waals surface area contributed by atoms with Crippen molar-refractivity contribution in [3.05, 3.63) is 67.2 Å². The molecule has 1 aliphatic carbocycles. The number of hydrogen-bond donors (Lipinski definition) is 0. The zero-order valence-corrected chi connectivity index (χ0v) is 18.3. The minimum absolute atomic E-state index is 0.310. The molecule has 4 rings (SSSR count). The van der Waals surface area contributed by atoms with Gasteiger partial charge >= 0.3 is 5.97 Å². The van der Waals surface area contributed by atoms with Gasteiger partial charge in [0.05, 0.1) is 25.0 Å². The van der Waals surface area contributed by atoms with Gasteiger partial charge in [-0.25, -0.2) is 4.79 Å². The molecule has 0 saturated heterocycles. The molecule has 1 aromatic heterocycles. The van der Waals surface area contributed by atoms with Crippen molar-refractivity contribution in [1.82, 2.24) is 4.90 Å². The van der Waals surface area contributed by atoms with E-state index in [0.29, 0.717) is 18.8 Å². The van der Waals surface area contributed by atoms with E-state index in [1.165, 1.54) is 0 Å². The van der Waals surface area contributed by atoms with Crippen LogP contribution >= 0.6 is 11.3 Å². The van der Waals surface area contributed by atoms with Crippen LogP contribution in [0.15, 0.2) is 36.6 Å². The van der Waals surface area contributed by atoms with Gasteiger partial charge in [0.25, 0.3) is 0 Å². The molecule has 156 valence electrons. The van der Waals surface area contributed by atoms with Gasteiger partial charge < -0.3 is 19.1 Å². The fourth-order valence-electron chi connectivity index (χ4n) is 3.46. The summed E-state index contributed by atoms with van der Waals surface area (Å²) in [4.78, 5) is 14.4. The van der Waals surface area contributed by atoms with Crippen molar-refractivity contribution in [2.24, 2.45) is 0 Å². The van der Waals surface area contributed by atoms with E-state index in [2.05, 4.69) is 25.1 Å². The zero-order chi connectivity index (χ0) is 21.1. The molecule has 5 nitrogen and oxygen atoms in total. The SMILES string of the molecule is CCOC(=O)c1ccc2c(c1)=c1sc3c(c1C=CC=2)OC=CC=3OCCCN(C)C. The van der Waals surface area contributed by atoms with Crippen molar-refractivity contribution in [2.45, 2.75) is 13.3 Å². The number of carbonyl (C=O) groups is 1. The second-order valence-corrected chi connectivity index (χ2v) is 8.36. The number of allylic oxidation sites excluding steroid dienone is 1. The van der Waals surface area contributed by atoms with Crippen molar-refractivity contribution in [3.8, 4) is 5.75 Å². The number of rotatable bonds is 7. The van der Waals surface area contributed by atoms with E-state index >= 15 is 0 Å². The number of benzene rings is 1. The first-order valence-electron chi connectivity index (χ1n) is 10.1. The van der Waals surface area contributed by atoms with Crippen molar-refractivity contribution in [1.29, 1.82) is 0 Å². The summed E-state index contributed by atoms with van der Waals surface area (Å²) in [5.41, 5.74) is 1.55.